The summed E-state index contributed by atoms with van der Waals surface area (Å²) in [5.41, 5.74) is 6.75. The van der Waals surface area contributed by atoms with Gasteiger partial charge in [-0.2, -0.15) is 0 Å². The van der Waals surface area contributed by atoms with E-state index < -0.39 is 17.9 Å². The van der Waals surface area contributed by atoms with Crippen LogP contribution in [0, 0.1) is 11.8 Å². The van der Waals surface area contributed by atoms with Gasteiger partial charge in [-0.3, -0.25) is 9.59 Å². The summed E-state index contributed by atoms with van der Waals surface area (Å²) in [6, 6.07) is 5.99. The first-order chi connectivity index (χ1) is 10.9. The Kier molecular flexibility index (Phi) is 7.54. The highest BCUT2D eigenvalue weighted by Crippen LogP contribution is 2.14. The van der Waals surface area contributed by atoms with E-state index in [9.17, 15) is 14.7 Å². The number of phenolic OH excluding ortho intramolecular Hbond substituents is 1. The Morgan fingerprint density at radius 2 is 1.91 bits per heavy atom. The maximum Gasteiger partial charge on any atom is 0.310 e. The quantitative estimate of drug-likeness (QED) is 0.625. The number of nitrogens with one attached hydrogen (secondary N) is 1. The van der Waals surface area contributed by atoms with Gasteiger partial charge in [0.2, 0.25) is 5.91 Å². The SMILES string of the molecule is CCC(C)C(N)C(=O)NCC(Cc1ccc(O)cc1)C(=O)OC. The summed E-state index contributed by atoms with van der Waals surface area (Å²) >= 11 is 0. The van der Waals surface area contributed by atoms with E-state index in [0.29, 0.717) is 6.42 Å². The van der Waals surface area contributed by atoms with Crippen LogP contribution in [0.3, 0.4) is 0 Å². The number of nitrogens with two attached hydrogens (primary N) is 1. The first-order valence-corrected chi connectivity index (χ1v) is 7.78. The minimum absolute atomic E-state index is 0.0728. The van der Waals surface area contributed by atoms with Crippen molar-refractivity contribution < 1.29 is 19.4 Å². The molecule has 0 saturated carbocycles. The average Bonchev–Trinajstić information content (AvgIpc) is 2.57. The van der Waals surface area contributed by atoms with E-state index in [0.717, 1.165) is 12.0 Å². The molecule has 6 nitrogen and oxygen atoms in total. The van der Waals surface area contributed by atoms with Gasteiger partial charge in [0, 0.05) is 6.54 Å². The third-order valence-corrected chi connectivity index (χ3v) is 4.04. The summed E-state index contributed by atoms with van der Waals surface area (Å²) in [5, 5.41) is 12.0. The molecule has 1 amide bonds. The predicted octanol–water partition coefficient (Wildman–Crippen LogP) is 1.21. The maximum absolute atomic E-state index is 12.0. The zero-order valence-electron chi connectivity index (χ0n) is 13.9. The Labute approximate surface area is 137 Å². The largest absolute Gasteiger partial charge is 0.508 e. The normalized spacial score (nSPS) is 14.6. The maximum atomic E-state index is 12.0. The molecule has 0 radical (unpaired) electrons. The van der Waals surface area contributed by atoms with Gasteiger partial charge in [-0.25, -0.2) is 0 Å². The second kappa shape index (κ2) is 9.15. The molecule has 0 saturated heterocycles. The van der Waals surface area contributed by atoms with Gasteiger partial charge >= 0.3 is 5.97 Å². The first kappa shape index (κ1) is 19.0. The molecular weight excluding hydrogens is 296 g/mol. The second-order valence-electron chi connectivity index (χ2n) is 5.75. The highest BCUT2D eigenvalue weighted by atomic mass is 16.5. The summed E-state index contributed by atoms with van der Waals surface area (Å²) in [5.74, 6) is -0.924. The Balaban J connectivity index is 2.66. The van der Waals surface area contributed by atoms with Crippen molar-refractivity contribution in [2.45, 2.75) is 32.7 Å². The van der Waals surface area contributed by atoms with Gasteiger partial charge in [-0.15, -0.1) is 0 Å². The average molecular weight is 322 g/mol. The minimum atomic E-state index is -0.591. The van der Waals surface area contributed by atoms with Crippen LogP contribution >= 0.6 is 0 Å². The van der Waals surface area contributed by atoms with E-state index in [4.69, 9.17) is 10.5 Å². The van der Waals surface area contributed by atoms with Crippen LogP contribution in [0.15, 0.2) is 24.3 Å². The third-order valence-electron chi connectivity index (χ3n) is 4.04. The number of phenols is 1. The van der Waals surface area contributed by atoms with Crippen molar-refractivity contribution in [3.8, 4) is 5.75 Å². The number of methoxy groups -OCH3 is 1. The zero-order chi connectivity index (χ0) is 17.4. The number of hydrogen-bond donors (Lipinski definition) is 3. The molecule has 0 aromatic heterocycles. The van der Waals surface area contributed by atoms with Crippen LogP contribution in [0.1, 0.15) is 25.8 Å². The molecule has 1 aromatic rings. The van der Waals surface area contributed by atoms with Gasteiger partial charge in [-0.05, 0) is 30.0 Å². The Bertz CT molecular complexity index is 516. The van der Waals surface area contributed by atoms with Gasteiger partial charge < -0.3 is 20.9 Å². The number of esters is 1. The molecule has 0 bridgehead atoms. The van der Waals surface area contributed by atoms with Crippen LogP contribution in [0.2, 0.25) is 0 Å². The number of ether oxygens (including phenoxy) is 1. The molecule has 1 aromatic carbocycles. The van der Waals surface area contributed by atoms with Crippen molar-refractivity contribution in [2.75, 3.05) is 13.7 Å². The third kappa shape index (κ3) is 5.90. The Morgan fingerprint density at radius 1 is 1.30 bits per heavy atom. The van der Waals surface area contributed by atoms with Crippen molar-refractivity contribution in [3.05, 3.63) is 29.8 Å². The molecule has 0 aliphatic carbocycles. The van der Waals surface area contributed by atoms with Gasteiger partial charge in [-0.1, -0.05) is 32.4 Å². The fourth-order valence-electron chi connectivity index (χ4n) is 2.18. The van der Waals surface area contributed by atoms with Gasteiger partial charge in [0.1, 0.15) is 5.75 Å². The molecule has 23 heavy (non-hydrogen) atoms. The highest BCUT2D eigenvalue weighted by Gasteiger charge is 2.24. The lowest BCUT2D eigenvalue weighted by Gasteiger charge is -2.20. The molecule has 0 spiro atoms. The topological polar surface area (TPSA) is 102 Å². The first-order valence-electron chi connectivity index (χ1n) is 7.78. The monoisotopic (exact) mass is 322 g/mol. The number of hydrogen-bond acceptors (Lipinski definition) is 5. The molecule has 1 rings (SSSR count). The molecule has 128 valence electrons. The summed E-state index contributed by atoms with van der Waals surface area (Å²) in [7, 11) is 1.32. The minimum Gasteiger partial charge on any atom is -0.508 e. The standard InChI is InChI=1S/C17H26N2O4/c1-4-11(2)15(18)16(21)19-10-13(17(22)23-3)9-12-5-7-14(20)8-6-12/h5-8,11,13,15,20H,4,9-10,18H2,1-3H3,(H,19,21). The molecule has 3 unspecified atom stereocenters. The van der Waals surface area contributed by atoms with Crippen molar-refractivity contribution in [1.29, 1.82) is 0 Å². The van der Waals surface area contributed by atoms with Crippen LogP contribution in [0.4, 0.5) is 0 Å². The molecule has 3 atom stereocenters. The number of amides is 1. The van der Waals surface area contributed by atoms with Gasteiger partial charge in [0.05, 0.1) is 19.1 Å². The summed E-state index contributed by atoms with van der Waals surface area (Å²) in [4.78, 5) is 23.9. The fraction of sp³-hybridized carbons (Fsp3) is 0.529. The van der Waals surface area contributed by atoms with Gasteiger partial charge in [0.25, 0.3) is 0 Å². The van der Waals surface area contributed by atoms with Crippen LogP contribution in [-0.2, 0) is 20.7 Å². The van der Waals surface area contributed by atoms with Crippen molar-refractivity contribution in [1.82, 2.24) is 5.32 Å². The predicted molar refractivity (Wildman–Crippen MR) is 87.8 cm³/mol. The van der Waals surface area contributed by atoms with Crippen LogP contribution in [-0.4, -0.2) is 36.7 Å². The van der Waals surface area contributed by atoms with Crippen molar-refractivity contribution in [2.24, 2.45) is 17.6 Å². The van der Waals surface area contributed by atoms with Gasteiger partial charge in [0.15, 0.2) is 0 Å². The Hall–Kier alpha value is -2.08. The molecule has 0 aliphatic heterocycles. The van der Waals surface area contributed by atoms with E-state index >= 15 is 0 Å². The number of rotatable bonds is 8. The molecule has 0 fully saturated rings. The fourth-order valence-corrected chi connectivity index (χ4v) is 2.18. The smallest absolute Gasteiger partial charge is 0.310 e. The van der Waals surface area contributed by atoms with Crippen LogP contribution in [0.25, 0.3) is 0 Å². The number of benzene rings is 1. The van der Waals surface area contributed by atoms with Crippen molar-refractivity contribution in [3.63, 3.8) is 0 Å². The van der Waals surface area contributed by atoms with Crippen LogP contribution < -0.4 is 11.1 Å². The summed E-state index contributed by atoms with van der Waals surface area (Å²) < 4.78 is 4.80. The number of carbonyl (C=O) groups excluding carboxylic acids is 2. The Morgan fingerprint density at radius 3 is 2.43 bits per heavy atom. The summed E-state index contributed by atoms with van der Waals surface area (Å²) in [6.45, 7) is 4.05. The molecule has 0 aliphatic rings. The number of carbonyl (C=O) groups is 2. The lowest BCUT2D eigenvalue weighted by Crippen LogP contribution is -2.47. The van der Waals surface area contributed by atoms with Crippen molar-refractivity contribution >= 4 is 11.9 Å². The van der Waals surface area contributed by atoms with Crippen LogP contribution in [0.5, 0.6) is 5.75 Å². The summed E-state index contributed by atoms with van der Waals surface area (Å²) in [6.07, 6.45) is 1.22. The van der Waals surface area contributed by atoms with E-state index in [1.807, 2.05) is 13.8 Å². The molecule has 4 N–H and O–H groups in total. The molecular formula is C17H26N2O4. The molecule has 0 heterocycles. The van der Waals surface area contributed by atoms with E-state index in [-0.39, 0.29) is 24.1 Å². The lowest BCUT2D eigenvalue weighted by atomic mass is 9.97. The second-order valence-corrected chi connectivity index (χ2v) is 5.75. The number of aromatic hydroxyl groups is 1. The zero-order valence-corrected chi connectivity index (χ0v) is 13.9. The van der Waals surface area contributed by atoms with E-state index in [1.54, 1.807) is 24.3 Å². The highest BCUT2D eigenvalue weighted by molar-refractivity contribution is 5.82. The molecule has 6 heteroatoms. The van der Waals surface area contributed by atoms with E-state index in [2.05, 4.69) is 5.32 Å². The lowest BCUT2D eigenvalue weighted by molar-refractivity contribution is -0.145. The van der Waals surface area contributed by atoms with E-state index in [1.165, 1.54) is 7.11 Å².